The molecule has 0 radical (unpaired) electrons. The van der Waals surface area contributed by atoms with Crippen LogP contribution in [0.5, 0.6) is 0 Å². The largest absolute Gasteiger partial charge is 0.491 e. The molecule has 0 fully saturated rings. The van der Waals surface area contributed by atoms with E-state index in [0.717, 1.165) is 0 Å². The second-order valence-corrected chi connectivity index (χ2v) is 5.05. The molecule has 152 valence electrons. The maximum Gasteiger partial charge on any atom is 0.491 e. The SMILES string of the molecule is CNCCN(CCNC)C(=O)CCOCCNC(=O)OC(=O)C(F)(F)F. The number of hydrogen-bond acceptors (Lipinski definition) is 7. The van der Waals surface area contributed by atoms with Crippen LogP contribution in [0.2, 0.25) is 0 Å². The average molecular weight is 386 g/mol. The summed E-state index contributed by atoms with van der Waals surface area (Å²) in [7, 11) is 3.56. The van der Waals surface area contributed by atoms with Crippen LogP contribution in [0.25, 0.3) is 0 Å². The molecular formula is C14H25F3N4O5. The Labute approximate surface area is 149 Å². The van der Waals surface area contributed by atoms with Crippen molar-refractivity contribution in [3.8, 4) is 0 Å². The molecule has 0 heterocycles. The predicted octanol–water partition coefficient (Wildman–Crippen LogP) is -0.524. The molecule has 0 aliphatic heterocycles. The van der Waals surface area contributed by atoms with Crippen LogP contribution in [-0.2, 0) is 19.1 Å². The van der Waals surface area contributed by atoms with Crippen molar-refractivity contribution in [1.29, 1.82) is 0 Å². The van der Waals surface area contributed by atoms with E-state index >= 15 is 0 Å². The predicted molar refractivity (Wildman–Crippen MR) is 85.4 cm³/mol. The first-order valence-electron chi connectivity index (χ1n) is 7.94. The van der Waals surface area contributed by atoms with E-state index in [4.69, 9.17) is 4.74 Å². The Balaban J connectivity index is 3.91. The fourth-order valence-electron chi connectivity index (χ4n) is 1.68. The Hall–Kier alpha value is -1.92. The third-order valence-corrected chi connectivity index (χ3v) is 3.01. The molecule has 2 amide bonds. The highest BCUT2D eigenvalue weighted by atomic mass is 19.4. The second-order valence-electron chi connectivity index (χ2n) is 5.05. The molecule has 0 unspecified atom stereocenters. The van der Waals surface area contributed by atoms with Crippen LogP contribution in [0.1, 0.15) is 6.42 Å². The van der Waals surface area contributed by atoms with E-state index in [1.54, 1.807) is 19.0 Å². The van der Waals surface area contributed by atoms with Gasteiger partial charge in [0.2, 0.25) is 5.91 Å². The zero-order valence-corrected chi connectivity index (χ0v) is 14.8. The first kappa shape index (κ1) is 24.1. The molecule has 0 aliphatic carbocycles. The van der Waals surface area contributed by atoms with Gasteiger partial charge < -0.3 is 30.3 Å². The Kier molecular flexibility index (Phi) is 12.3. The Morgan fingerprint density at radius 2 is 1.54 bits per heavy atom. The molecule has 0 aromatic carbocycles. The number of amides is 2. The Morgan fingerprint density at radius 3 is 2.04 bits per heavy atom. The van der Waals surface area contributed by atoms with Crippen LogP contribution in [0.3, 0.4) is 0 Å². The molecule has 0 rings (SSSR count). The zero-order valence-electron chi connectivity index (χ0n) is 14.8. The number of likely N-dealkylation sites (N-methyl/N-ethyl adjacent to an activating group) is 2. The molecule has 0 aromatic rings. The van der Waals surface area contributed by atoms with Crippen molar-refractivity contribution in [1.82, 2.24) is 20.9 Å². The van der Waals surface area contributed by atoms with E-state index < -0.39 is 18.2 Å². The van der Waals surface area contributed by atoms with E-state index in [1.165, 1.54) is 0 Å². The number of halogens is 3. The van der Waals surface area contributed by atoms with Gasteiger partial charge in [0, 0.05) is 32.7 Å². The van der Waals surface area contributed by atoms with Crippen molar-refractivity contribution >= 4 is 18.0 Å². The lowest BCUT2D eigenvalue weighted by Crippen LogP contribution is -2.40. The molecule has 9 nitrogen and oxygen atoms in total. The number of nitrogens with one attached hydrogen (secondary N) is 3. The van der Waals surface area contributed by atoms with Crippen LogP contribution < -0.4 is 16.0 Å². The summed E-state index contributed by atoms with van der Waals surface area (Å²) in [5.74, 6) is -2.69. The Morgan fingerprint density at radius 1 is 0.962 bits per heavy atom. The monoisotopic (exact) mass is 386 g/mol. The topological polar surface area (TPSA) is 109 Å². The number of ether oxygens (including phenoxy) is 2. The number of rotatable bonds is 12. The Bertz CT molecular complexity index is 441. The molecule has 0 atom stereocenters. The number of alkyl halides is 3. The van der Waals surface area contributed by atoms with Gasteiger partial charge in [-0.3, -0.25) is 4.79 Å². The summed E-state index contributed by atoms with van der Waals surface area (Å²) in [6.07, 6.45) is -6.62. The molecule has 0 aromatic heterocycles. The number of carbonyl (C=O) groups is 3. The fraction of sp³-hybridized carbons (Fsp3) is 0.786. The number of alkyl carbamates (subject to hydrolysis) is 1. The summed E-state index contributed by atoms with van der Waals surface area (Å²) in [4.78, 5) is 35.1. The molecule has 0 bridgehead atoms. The molecule has 12 heteroatoms. The molecule has 0 saturated carbocycles. The van der Waals surface area contributed by atoms with Gasteiger partial charge in [0.25, 0.3) is 0 Å². The van der Waals surface area contributed by atoms with Crippen molar-refractivity contribution in [2.45, 2.75) is 12.6 Å². The normalized spacial score (nSPS) is 11.1. The summed E-state index contributed by atoms with van der Waals surface area (Å²) < 4.78 is 44.3. The van der Waals surface area contributed by atoms with E-state index in [9.17, 15) is 27.6 Å². The van der Waals surface area contributed by atoms with Gasteiger partial charge in [-0.15, -0.1) is 0 Å². The molecule has 26 heavy (non-hydrogen) atoms. The summed E-state index contributed by atoms with van der Waals surface area (Å²) >= 11 is 0. The minimum absolute atomic E-state index is 0.0460. The number of esters is 1. The van der Waals surface area contributed by atoms with Crippen molar-refractivity contribution in [3.63, 3.8) is 0 Å². The molecule has 3 N–H and O–H groups in total. The highest BCUT2D eigenvalue weighted by Crippen LogP contribution is 2.16. The molecule has 0 aliphatic rings. The van der Waals surface area contributed by atoms with E-state index in [-0.39, 0.29) is 32.1 Å². The minimum Gasteiger partial charge on any atom is -0.379 e. The average Bonchev–Trinajstić information content (AvgIpc) is 2.57. The molecular weight excluding hydrogens is 361 g/mol. The molecule has 0 saturated heterocycles. The number of carbonyl (C=O) groups excluding carboxylic acids is 3. The smallest absolute Gasteiger partial charge is 0.379 e. The lowest BCUT2D eigenvalue weighted by molar-refractivity contribution is -0.192. The summed E-state index contributed by atoms with van der Waals surface area (Å²) in [6.45, 7) is 2.29. The summed E-state index contributed by atoms with van der Waals surface area (Å²) in [5, 5.41) is 7.84. The van der Waals surface area contributed by atoms with Crippen LogP contribution in [0.4, 0.5) is 18.0 Å². The third kappa shape index (κ3) is 11.6. The number of nitrogens with zero attached hydrogens (tertiary/aromatic N) is 1. The van der Waals surface area contributed by atoms with Crippen molar-refractivity contribution < 1.29 is 37.0 Å². The van der Waals surface area contributed by atoms with Crippen LogP contribution in [0, 0.1) is 0 Å². The van der Waals surface area contributed by atoms with Crippen molar-refractivity contribution in [2.75, 3.05) is 60.0 Å². The third-order valence-electron chi connectivity index (χ3n) is 3.01. The summed E-state index contributed by atoms with van der Waals surface area (Å²) in [5.41, 5.74) is 0. The zero-order chi connectivity index (χ0) is 20.0. The highest BCUT2D eigenvalue weighted by molar-refractivity contribution is 5.87. The van der Waals surface area contributed by atoms with Crippen molar-refractivity contribution in [2.24, 2.45) is 0 Å². The quantitative estimate of drug-likeness (QED) is 0.235. The summed E-state index contributed by atoms with van der Waals surface area (Å²) in [6, 6.07) is 0. The van der Waals surface area contributed by atoms with Gasteiger partial charge in [0.1, 0.15) is 0 Å². The van der Waals surface area contributed by atoms with Gasteiger partial charge in [-0.05, 0) is 14.1 Å². The minimum atomic E-state index is -5.24. The van der Waals surface area contributed by atoms with Gasteiger partial charge in [-0.2, -0.15) is 13.2 Å². The first-order chi connectivity index (χ1) is 12.2. The second kappa shape index (κ2) is 13.3. The maximum absolute atomic E-state index is 12.1. The highest BCUT2D eigenvalue weighted by Gasteiger charge is 2.42. The van der Waals surface area contributed by atoms with Crippen LogP contribution in [-0.4, -0.2) is 89.1 Å². The van der Waals surface area contributed by atoms with Gasteiger partial charge in [0.05, 0.1) is 19.6 Å². The van der Waals surface area contributed by atoms with Gasteiger partial charge in [-0.1, -0.05) is 0 Å². The fourth-order valence-corrected chi connectivity index (χ4v) is 1.68. The lowest BCUT2D eigenvalue weighted by atomic mass is 10.3. The van der Waals surface area contributed by atoms with Gasteiger partial charge in [-0.25, -0.2) is 9.59 Å². The van der Waals surface area contributed by atoms with Gasteiger partial charge >= 0.3 is 18.2 Å². The molecule has 0 spiro atoms. The standard InChI is InChI=1S/C14H25F3N4O5/c1-18-4-7-21(8-5-19-2)11(22)3-9-25-10-6-20-13(24)26-12(23)14(15,16)17/h18-19H,3-10H2,1-2H3,(H,20,24). The lowest BCUT2D eigenvalue weighted by Gasteiger charge is -2.22. The van der Waals surface area contributed by atoms with Gasteiger partial charge in [0.15, 0.2) is 0 Å². The first-order valence-corrected chi connectivity index (χ1v) is 7.94. The van der Waals surface area contributed by atoms with Crippen LogP contribution in [0.15, 0.2) is 0 Å². The van der Waals surface area contributed by atoms with E-state index in [0.29, 0.717) is 26.2 Å². The van der Waals surface area contributed by atoms with Crippen LogP contribution >= 0.6 is 0 Å². The maximum atomic E-state index is 12.1. The number of hydrogen-bond donors (Lipinski definition) is 3. The van der Waals surface area contributed by atoms with E-state index in [1.807, 2.05) is 5.32 Å². The van der Waals surface area contributed by atoms with E-state index in [2.05, 4.69) is 15.4 Å². The van der Waals surface area contributed by atoms with Crippen molar-refractivity contribution in [3.05, 3.63) is 0 Å².